The van der Waals surface area contributed by atoms with Crippen LogP contribution in [-0.4, -0.2) is 17.1 Å². The molecule has 0 bridgehead atoms. The average Bonchev–Trinajstić information content (AvgIpc) is 1.88. The second-order valence-corrected chi connectivity index (χ2v) is 1.40. The van der Waals surface area contributed by atoms with Crippen LogP contribution < -0.4 is 10.2 Å². The first-order valence-corrected chi connectivity index (χ1v) is 2.43. The van der Waals surface area contributed by atoms with Gasteiger partial charge >= 0.3 is 0 Å². The van der Waals surface area contributed by atoms with Crippen LogP contribution in [0, 0.1) is 5.21 Å². The maximum Gasteiger partial charge on any atom is 0.289 e. The van der Waals surface area contributed by atoms with Gasteiger partial charge in [-0.05, 0) is 0 Å². The summed E-state index contributed by atoms with van der Waals surface area (Å²) in [6.07, 6.45) is 2.60. The molecule has 5 heteroatoms. The smallest absolute Gasteiger partial charge is 0.289 e. The van der Waals surface area contributed by atoms with Gasteiger partial charge in [-0.3, -0.25) is 0 Å². The molecule has 1 aromatic heterocycles. The highest BCUT2D eigenvalue weighted by atomic mass is 16.5. The van der Waals surface area contributed by atoms with Gasteiger partial charge < -0.3 is 10.5 Å². The van der Waals surface area contributed by atoms with Crippen molar-refractivity contribution in [1.82, 2.24) is 10.1 Å². The Kier molecular flexibility index (Phi) is 1.44. The highest BCUT2D eigenvalue weighted by Gasteiger charge is 1.93. The fraction of sp³-hybridized carbons (Fsp3) is 0.250. The van der Waals surface area contributed by atoms with Gasteiger partial charge in [0.1, 0.15) is 0 Å². The van der Waals surface area contributed by atoms with Crippen LogP contribution in [0.5, 0.6) is 0 Å². The van der Waals surface area contributed by atoms with E-state index < -0.39 is 0 Å². The monoisotopic (exact) mass is 126 g/mol. The van der Waals surface area contributed by atoms with Crippen molar-refractivity contribution >= 4 is 5.95 Å². The summed E-state index contributed by atoms with van der Waals surface area (Å²) in [5.41, 5.74) is 0. The van der Waals surface area contributed by atoms with Crippen LogP contribution >= 0.6 is 0 Å². The van der Waals surface area contributed by atoms with Crippen molar-refractivity contribution in [2.75, 3.05) is 12.4 Å². The number of nitrogens with zero attached hydrogens (tertiary/aromatic N) is 3. The molecule has 0 atom stereocenters. The van der Waals surface area contributed by atoms with E-state index in [1.807, 2.05) is 0 Å². The molecule has 1 N–H and O–H groups in total. The molecule has 0 spiro atoms. The zero-order valence-electron chi connectivity index (χ0n) is 4.90. The van der Waals surface area contributed by atoms with E-state index in [0.29, 0.717) is 10.8 Å². The zero-order valence-corrected chi connectivity index (χ0v) is 4.90. The number of anilines is 1. The molecule has 0 saturated carbocycles. The number of nitrogens with one attached hydrogen (secondary N) is 1. The minimum atomic E-state index is 0.326. The highest BCUT2D eigenvalue weighted by molar-refractivity contribution is 5.16. The van der Waals surface area contributed by atoms with Gasteiger partial charge in [0, 0.05) is 7.05 Å². The van der Waals surface area contributed by atoms with Crippen molar-refractivity contribution in [3.05, 3.63) is 17.6 Å². The Bertz CT molecular complexity index is 202. The van der Waals surface area contributed by atoms with Crippen LogP contribution in [0.25, 0.3) is 0 Å². The predicted molar refractivity (Wildman–Crippen MR) is 30.5 cm³/mol. The molecule has 0 aliphatic carbocycles. The van der Waals surface area contributed by atoms with Crippen molar-refractivity contribution in [2.45, 2.75) is 0 Å². The van der Waals surface area contributed by atoms with Crippen LogP contribution in [0.3, 0.4) is 0 Å². The van der Waals surface area contributed by atoms with Crippen molar-refractivity contribution in [2.24, 2.45) is 0 Å². The van der Waals surface area contributed by atoms with Gasteiger partial charge in [0.25, 0.3) is 5.95 Å². The molecule has 48 valence electrons. The van der Waals surface area contributed by atoms with E-state index in [1.165, 1.54) is 12.4 Å². The molecular formula is C4H6N4O. The standard InChI is InChI=1S/C4H6N4O/c1-5-4-6-2-3-8(9)7-4/h2-3H,1H3,(H,5,6,7). The first kappa shape index (κ1) is 5.74. The molecule has 0 fully saturated rings. The van der Waals surface area contributed by atoms with Crippen LogP contribution in [-0.2, 0) is 0 Å². The fourth-order valence-corrected chi connectivity index (χ4v) is 0.428. The largest absolute Gasteiger partial charge is 0.594 e. The van der Waals surface area contributed by atoms with Gasteiger partial charge in [-0.25, -0.2) is 4.98 Å². The van der Waals surface area contributed by atoms with Crippen LogP contribution in [0.4, 0.5) is 5.95 Å². The van der Waals surface area contributed by atoms with Gasteiger partial charge in [0.2, 0.25) is 6.20 Å². The molecule has 0 aliphatic rings. The lowest BCUT2D eigenvalue weighted by molar-refractivity contribution is -0.668. The summed E-state index contributed by atoms with van der Waals surface area (Å²) in [6, 6.07) is 0. The summed E-state index contributed by atoms with van der Waals surface area (Å²) in [5, 5.41) is 16.4. The lowest BCUT2D eigenvalue weighted by atomic mass is 10.8. The van der Waals surface area contributed by atoms with Crippen molar-refractivity contribution < 1.29 is 4.85 Å². The van der Waals surface area contributed by atoms with Gasteiger partial charge in [-0.1, -0.05) is 4.85 Å². The van der Waals surface area contributed by atoms with Gasteiger partial charge in [0.15, 0.2) is 0 Å². The first-order chi connectivity index (χ1) is 4.33. The normalized spacial score (nSPS) is 9.00. The molecule has 1 aromatic rings. The van der Waals surface area contributed by atoms with Crippen LogP contribution in [0.2, 0.25) is 0 Å². The third kappa shape index (κ3) is 1.25. The SMILES string of the molecule is CNc1ncc[n+]([O-])n1. The van der Waals surface area contributed by atoms with E-state index >= 15 is 0 Å². The number of hydrogen-bond acceptors (Lipinski definition) is 4. The zero-order chi connectivity index (χ0) is 6.69. The van der Waals surface area contributed by atoms with Crippen molar-refractivity contribution in [3.8, 4) is 0 Å². The fourth-order valence-electron chi connectivity index (χ4n) is 0.428. The lowest BCUT2D eigenvalue weighted by Gasteiger charge is -1.93. The number of rotatable bonds is 1. The summed E-state index contributed by atoms with van der Waals surface area (Å²) in [7, 11) is 1.65. The Balaban J connectivity index is 2.94. The van der Waals surface area contributed by atoms with E-state index in [4.69, 9.17) is 0 Å². The Labute approximate surface area is 51.9 Å². The second kappa shape index (κ2) is 2.25. The lowest BCUT2D eigenvalue weighted by Crippen LogP contribution is -2.31. The Hall–Kier alpha value is -1.39. The number of aromatic nitrogens is 3. The predicted octanol–water partition coefficient (Wildman–Crippen LogP) is -0.848. The van der Waals surface area contributed by atoms with Crippen molar-refractivity contribution in [3.63, 3.8) is 0 Å². The molecule has 0 unspecified atom stereocenters. The topological polar surface area (TPSA) is 64.8 Å². The molecule has 0 saturated heterocycles. The first-order valence-electron chi connectivity index (χ1n) is 2.43. The highest BCUT2D eigenvalue weighted by Crippen LogP contribution is 1.84. The molecular weight excluding hydrogens is 120 g/mol. The molecule has 1 rings (SSSR count). The second-order valence-electron chi connectivity index (χ2n) is 1.40. The minimum Gasteiger partial charge on any atom is -0.594 e. The quantitative estimate of drug-likeness (QED) is 0.393. The van der Waals surface area contributed by atoms with E-state index in [0.717, 1.165) is 0 Å². The molecule has 1 heterocycles. The van der Waals surface area contributed by atoms with E-state index in [2.05, 4.69) is 15.4 Å². The summed E-state index contributed by atoms with van der Waals surface area (Å²) < 4.78 is 0. The summed E-state index contributed by atoms with van der Waals surface area (Å²) in [6.45, 7) is 0. The van der Waals surface area contributed by atoms with Crippen molar-refractivity contribution in [1.29, 1.82) is 0 Å². The minimum absolute atomic E-state index is 0.326. The molecule has 0 aliphatic heterocycles. The van der Waals surface area contributed by atoms with E-state index in [9.17, 15) is 5.21 Å². The van der Waals surface area contributed by atoms with Gasteiger partial charge in [-0.2, -0.15) is 0 Å². The Morgan fingerprint density at radius 3 is 3.00 bits per heavy atom. The molecule has 5 nitrogen and oxygen atoms in total. The van der Waals surface area contributed by atoms with E-state index in [-0.39, 0.29) is 0 Å². The van der Waals surface area contributed by atoms with Crippen LogP contribution in [0.15, 0.2) is 12.4 Å². The summed E-state index contributed by atoms with van der Waals surface area (Å²) in [5.74, 6) is 0.326. The van der Waals surface area contributed by atoms with Gasteiger partial charge in [-0.15, -0.1) is 0 Å². The molecule has 0 aromatic carbocycles. The maximum atomic E-state index is 10.4. The van der Waals surface area contributed by atoms with Gasteiger partial charge in [0.05, 0.1) is 11.3 Å². The summed E-state index contributed by atoms with van der Waals surface area (Å²) in [4.78, 5) is 4.16. The van der Waals surface area contributed by atoms with E-state index in [1.54, 1.807) is 7.05 Å². The Morgan fingerprint density at radius 1 is 1.78 bits per heavy atom. The average molecular weight is 126 g/mol. The molecule has 0 amide bonds. The molecule has 9 heavy (non-hydrogen) atoms. The maximum absolute atomic E-state index is 10.4. The Morgan fingerprint density at radius 2 is 2.56 bits per heavy atom. The third-order valence-corrected chi connectivity index (χ3v) is 0.808. The number of hydrogen-bond donors (Lipinski definition) is 1. The molecule has 0 radical (unpaired) electrons. The van der Waals surface area contributed by atoms with Crippen LogP contribution in [0.1, 0.15) is 0 Å². The summed E-state index contributed by atoms with van der Waals surface area (Å²) >= 11 is 0. The third-order valence-electron chi connectivity index (χ3n) is 0.808.